The van der Waals surface area contributed by atoms with Crippen LogP contribution in [0.4, 0.5) is 13.2 Å². The number of halogens is 3. The summed E-state index contributed by atoms with van der Waals surface area (Å²) in [6.45, 7) is 0. The van der Waals surface area contributed by atoms with Crippen LogP contribution in [0.2, 0.25) is 0 Å². The summed E-state index contributed by atoms with van der Waals surface area (Å²) in [5, 5.41) is 0. The van der Waals surface area contributed by atoms with Gasteiger partial charge in [0.1, 0.15) is 0 Å². The molecule has 1 aromatic rings. The van der Waals surface area contributed by atoms with E-state index in [0.29, 0.717) is 12.2 Å². The predicted octanol–water partition coefficient (Wildman–Crippen LogP) is 7.31. The molecular weight excluding hydrogens is 321 g/mol. The molecule has 0 atom stereocenters. The zero-order valence-electron chi connectivity index (χ0n) is 14.9. The summed E-state index contributed by atoms with van der Waals surface area (Å²) >= 11 is 0. The number of benzene rings is 1. The normalized spacial score (nSPS) is 30.7. The molecule has 3 rings (SSSR count). The third-order valence-corrected chi connectivity index (χ3v) is 6.58. The van der Waals surface area contributed by atoms with E-state index in [1.807, 2.05) is 0 Å². The van der Waals surface area contributed by atoms with Crippen LogP contribution in [-0.4, -0.2) is 0 Å². The summed E-state index contributed by atoms with van der Waals surface area (Å²) in [7, 11) is 0. The molecule has 0 unspecified atom stereocenters. The van der Waals surface area contributed by atoms with Crippen LogP contribution in [0.5, 0.6) is 0 Å². The summed E-state index contributed by atoms with van der Waals surface area (Å²) < 4.78 is 38.6. The lowest BCUT2D eigenvalue weighted by atomic mass is 9.68. The minimum absolute atomic E-state index is 0.384. The van der Waals surface area contributed by atoms with Gasteiger partial charge < -0.3 is 0 Å². The first-order chi connectivity index (χ1) is 12.2. The van der Waals surface area contributed by atoms with Crippen LogP contribution >= 0.6 is 0 Å². The van der Waals surface area contributed by atoms with Crippen LogP contribution in [0.3, 0.4) is 0 Å². The SMILES string of the molecule is F/C=C/CC[C@H]1CC[C@H]([C@H]2CC[C@H](c3ccc(F)c(F)c3)CC2)CC1. The first-order valence-corrected chi connectivity index (χ1v) is 9.87. The average Bonchev–Trinajstić information content (AvgIpc) is 2.65. The van der Waals surface area contributed by atoms with E-state index in [4.69, 9.17) is 0 Å². The smallest absolute Gasteiger partial charge is 0.159 e. The third-order valence-electron chi connectivity index (χ3n) is 6.58. The maximum atomic E-state index is 13.4. The molecule has 0 radical (unpaired) electrons. The Kier molecular flexibility index (Phi) is 6.61. The summed E-state index contributed by atoms with van der Waals surface area (Å²) in [4.78, 5) is 0. The molecule has 0 amide bonds. The number of allylic oxidation sites excluding steroid dienone is 1. The van der Waals surface area contributed by atoms with Gasteiger partial charge in [-0.15, -0.1) is 0 Å². The van der Waals surface area contributed by atoms with Gasteiger partial charge in [-0.25, -0.2) is 13.2 Å². The van der Waals surface area contributed by atoms with E-state index < -0.39 is 11.6 Å². The van der Waals surface area contributed by atoms with Crippen molar-refractivity contribution in [2.24, 2.45) is 17.8 Å². The van der Waals surface area contributed by atoms with Crippen molar-refractivity contribution in [2.45, 2.75) is 70.1 Å². The van der Waals surface area contributed by atoms with Gasteiger partial charge in [0.15, 0.2) is 11.6 Å². The van der Waals surface area contributed by atoms with E-state index >= 15 is 0 Å². The fraction of sp³-hybridized carbons (Fsp3) is 0.636. The van der Waals surface area contributed by atoms with Gasteiger partial charge in [0.25, 0.3) is 0 Å². The highest BCUT2D eigenvalue weighted by Crippen LogP contribution is 2.44. The molecule has 0 N–H and O–H groups in total. The molecule has 0 aromatic heterocycles. The number of hydrogen-bond acceptors (Lipinski definition) is 0. The molecule has 138 valence electrons. The van der Waals surface area contributed by atoms with Crippen LogP contribution in [0.1, 0.15) is 75.7 Å². The zero-order valence-corrected chi connectivity index (χ0v) is 14.9. The third kappa shape index (κ3) is 4.89. The highest BCUT2D eigenvalue weighted by atomic mass is 19.2. The second kappa shape index (κ2) is 8.91. The van der Waals surface area contributed by atoms with E-state index in [9.17, 15) is 13.2 Å². The summed E-state index contributed by atoms with van der Waals surface area (Å²) in [6.07, 6.45) is 14.1. The molecule has 3 heteroatoms. The minimum Gasteiger partial charge on any atom is -0.216 e. The molecule has 0 spiro atoms. The molecular formula is C22H29F3. The van der Waals surface area contributed by atoms with E-state index in [-0.39, 0.29) is 0 Å². The standard InChI is InChI=1S/C22H29F3/c23-14-2-1-3-16-4-6-17(7-5-16)18-8-10-19(11-9-18)20-12-13-21(24)22(25)15-20/h2,12-19H,1,3-11H2/b14-2+/t16-,17-,18-,19-. The summed E-state index contributed by atoms with van der Waals surface area (Å²) in [5.41, 5.74) is 0.960. The van der Waals surface area contributed by atoms with Crippen molar-refractivity contribution in [3.8, 4) is 0 Å². The Morgan fingerprint density at radius 1 is 0.840 bits per heavy atom. The van der Waals surface area contributed by atoms with E-state index in [1.54, 1.807) is 12.1 Å². The summed E-state index contributed by atoms with van der Waals surface area (Å²) in [6, 6.07) is 4.40. The Balaban J connectivity index is 1.44. The van der Waals surface area contributed by atoms with Crippen LogP contribution in [0.15, 0.2) is 30.6 Å². The van der Waals surface area contributed by atoms with Crippen molar-refractivity contribution in [1.82, 2.24) is 0 Å². The van der Waals surface area contributed by atoms with Gasteiger partial charge in [-0.3, -0.25) is 0 Å². The largest absolute Gasteiger partial charge is 0.216 e. The first-order valence-electron chi connectivity index (χ1n) is 9.87. The Morgan fingerprint density at radius 2 is 1.48 bits per heavy atom. The van der Waals surface area contributed by atoms with Gasteiger partial charge >= 0.3 is 0 Å². The molecule has 2 fully saturated rings. The lowest BCUT2D eigenvalue weighted by Crippen LogP contribution is -2.25. The van der Waals surface area contributed by atoms with Gasteiger partial charge in [-0.05, 0) is 92.7 Å². The molecule has 0 saturated heterocycles. The van der Waals surface area contributed by atoms with Gasteiger partial charge in [0.2, 0.25) is 0 Å². The van der Waals surface area contributed by atoms with Gasteiger partial charge in [-0.2, -0.15) is 0 Å². The van der Waals surface area contributed by atoms with Crippen molar-refractivity contribution in [3.63, 3.8) is 0 Å². The maximum absolute atomic E-state index is 13.4. The average molecular weight is 350 g/mol. The Labute approximate surface area is 149 Å². The van der Waals surface area contributed by atoms with Crippen molar-refractivity contribution in [3.05, 3.63) is 47.8 Å². The molecule has 2 aliphatic carbocycles. The molecule has 0 aliphatic heterocycles. The molecule has 25 heavy (non-hydrogen) atoms. The predicted molar refractivity (Wildman–Crippen MR) is 96.0 cm³/mol. The van der Waals surface area contributed by atoms with Crippen LogP contribution in [-0.2, 0) is 0 Å². The minimum atomic E-state index is -0.754. The lowest BCUT2D eigenvalue weighted by molar-refractivity contribution is 0.157. The van der Waals surface area contributed by atoms with Gasteiger partial charge in [-0.1, -0.05) is 25.0 Å². The Hall–Kier alpha value is -1.25. The lowest BCUT2D eigenvalue weighted by Gasteiger charge is -2.38. The molecule has 1 aromatic carbocycles. The number of hydrogen-bond donors (Lipinski definition) is 0. The van der Waals surface area contributed by atoms with E-state index in [0.717, 1.165) is 49.0 Å². The van der Waals surface area contributed by atoms with Crippen molar-refractivity contribution in [1.29, 1.82) is 0 Å². The molecule has 0 heterocycles. The van der Waals surface area contributed by atoms with Crippen LogP contribution in [0, 0.1) is 29.4 Å². The second-order valence-electron chi connectivity index (χ2n) is 8.01. The van der Waals surface area contributed by atoms with Crippen molar-refractivity contribution < 1.29 is 13.2 Å². The van der Waals surface area contributed by atoms with Gasteiger partial charge in [0, 0.05) is 0 Å². The Bertz CT molecular complexity index is 565. The fourth-order valence-electron chi connectivity index (χ4n) is 5.03. The topological polar surface area (TPSA) is 0 Å². The monoisotopic (exact) mass is 350 g/mol. The molecule has 2 saturated carbocycles. The highest BCUT2D eigenvalue weighted by molar-refractivity contribution is 5.22. The van der Waals surface area contributed by atoms with Gasteiger partial charge in [0.05, 0.1) is 6.33 Å². The van der Waals surface area contributed by atoms with Crippen LogP contribution in [0.25, 0.3) is 0 Å². The molecule has 0 nitrogen and oxygen atoms in total. The summed E-state index contributed by atoms with van der Waals surface area (Å²) in [5.74, 6) is 1.31. The van der Waals surface area contributed by atoms with E-state index in [2.05, 4.69) is 0 Å². The van der Waals surface area contributed by atoms with Crippen molar-refractivity contribution >= 4 is 0 Å². The first kappa shape index (κ1) is 18.5. The molecule has 2 aliphatic rings. The number of rotatable bonds is 5. The van der Waals surface area contributed by atoms with E-state index in [1.165, 1.54) is 50.7 Å². The zero-order chi connectivity index (χ0) is 17.6. The Morgan fingerprint density at radius 3 is 2.08 bits per heavy atom. The second-order valence-corrected chi connectivity index (χ2v) is 8.01. The fourth-order valence-corrected chi connectivity index (χ4v) is 5.03. The maximum Gasteiger partial charge on any atom is 0.159 e. The highest BCUT2D eigenvalue weighted by Gasteiger charge is 2.31. The molecule has 0 bridgehead atoms. The quantitative estimate of drug-likeness (QED) is 0.522. The van der Waals surface area contributed by atoms with Crippen molar-refractivity contribution in [2.75, 3.05) is 0 Å². The van der Waals surface area contributed by atoms with Crippen LogP contribution < -0.4 is 0 Å².